The molecule has 2 saturated heterocycles. The molecule has 2 aliphatic rings. The highest BCUT2D eigenvalue weighted by atomic mass is 15.2. The van der Waals surface area contributed by atoms with Crippen molar-refractivity contribution in [1.29, 1.82) is 0 Å². The van der Waals surface area contributed by atoms with Gasteiger partial charge in [-0.15, -0.1) is 0 Å². The molecular formula is C9H18N2. The molecule has 0 aromatic rings. The van der Waals surface area contributed by atoms with E-state index in [0.29, 0.717) is 0 Å². The second kappa shape index (κ2) is 2.20. The summed E-state index contributed by atoms with van der Waals surface area (Å²) in [6.07, 6.45) is 5.13. The van der Waals surface area contributed by atoms with Crippen LogP contribution in [-0.2, 0) is 0 Å². The standard InChI is InChI=1S/C9H18N2/c1-9(10)5-7-3-4-8(6-9)11(7)2/h7-8H,3-6,10H2,1-2H3/t7-,8+,9+. The zero-order valence-corrected chi connectivity index (χ0v) is 7.51. The van der Waals surface area contributed by atoms with Crippen LogP contribution in [0.3, 0.4) is 0 Å². The van der Waals surface area contributed by atoms with Crippen LogP contribution in [0.4, 0.5) is 0 Å². The van der Waals surface area contributed by atoms with E-state index in [4.69, 9.17) is 5.73 Å². The molecule has 2 aliphatic heterocycles. The summed E-state index contributed by atoms with van der Waals surface area (Å²) < 4.78 is 0. The van der Waals surface area contributed by atoms with Gasteiger partial charge in [0, 0.05) is 17.6 Å². The molecule has 0 unspecified atom stereocenters. The second-order valence-corrected chi connectivity index (χ2v) is 4.61. The summed E-state index contributed by atoms with van der Waals surface area (Å²) in [5.41, 5.74) is 6.26. The van der Waals surface area contributed by atoms with Crippen LogP contribution in [-0.4, -0.2) is 29.6 Å². The first-order valence-corrected chi connectivity index (χ1v) is 4.59. The smallest absolute Gasteiger partial charge is 0.0155 e. The Morgan fingerprint density at radius 1 is 1.27 bits per heavy atom. The van der Waals surface area contributed by atoms with Crippen LogP contribution in [0.5, 0.6) is 0 Å². The van der Waals surface area contributed by atoms with E-state index >= 15 is 0 Å². The summed E-state index contributed by atoms with van der Waals surface area (Å²) in [4.78, 5) is 2.52. The average molecular weight is 154 g/mol. The van der Waals surface area contributed by atoms with Crippen molar-refractivity contribution in [3.8, 4) is 0 Å². The lowest BCUT2D eigenvalue weighted by atomic mass is 9.86. The van der Waals surface area contributed by atoms with Crippen LogP contribution in [0.2, 0.25) is 0 Å². The number of hydrogen-bond acceptors (Lipinski definition) is 2. The molecule has 0 aliphatic carbocycles. The van der Waals surface area contributed by atoms with Crippen LogP contribution in [0.1, 0.15) is 32.6 Å². The molecule has 3 atom stereocenters. The minimum absolute atomic E-state index is 0.123. The molecule has 2 N–H and O–H groups in total. The first-order chi connectivity index (χ1) is 5.08. The van der Waals surface area contributed by atoms with Crippen molar-refractivity contribution in [2.45, 2.75) is 50.2 Å². The molecular weight excluding hydrogens is 136 g/mol. The number of hydrogen-bond donors (Lipinski definition) is 1. The summed E-state index contributed by atoms with van der Waals surface area (Å²) >= 11 is 0. The van der Waals surface area contributed by atoms with Crippen LogP contribution < -0.4 is 5.73 Å². The maximum absolute atomic E-state index is 6.13. The topological polar surface area (TPSA) is 29.3 Å². The third-order valence-corrected chi connectivity index (χ3v) is 3.39. The number of fused-ring (bicyclic) bond motifs is 2. The minimum atomic E-state index is 0.123. The van der Waals surface area contributed by atoms with Crippen molar-refractivity contribution in [3.05, 3.63) is 0 Å². The van der Waals surface area contributed by atoms with Gasteiger partial charge in [0.15, 0.2) is 0 Å². The largest absolute Gasteiger partial charge is 0.325 e. The number of nitrogens with two attached hydrogens (primary N) is 1. The van der Waals surface area contributed by atoms with Crippen LogP contribution >= 0.6 is 0 Å². The lowest BCUT2D eigenvalue weighted by Gasteiger charge is -2.40. The van der Waals surface area contributed by atoms with E-state index < -0.39 is 0 Å². The van der Waals surface area contributed by atoms with E-state index in [2.05, 4.69) is 18.9 Å². The van der Waals surface area contributed by atoms with Crippen LogP contribution in [0.15, 0.2) is 0 Å². The van der Waals surface area contributed by atoms with Gasteiger partial charge in [-0.25, -0.2) is 0 Å². The number of rotatable bonds is 0. The quantitative estimate of drug-likeness (QED) is 0.563. The van der Waals surface area contributed by atoms with Gasteiger partial charge < -0.3 is 10.6 Å². The molecule has 2 bridgehead atoms. The van der Waals surface area contributed by atoms with Crippen LogP contribution in [0, 0.1) is 0 Å². The molecule has 0 radical (unpaired) electrons. The zero-order valence-electron chi connectivity index (χ0n) is 7.51. The monoisotopic (exact) mass is 154 g/mol. The van der Waals surface area contributed by atoms with Crippen molar-refractivity contribution in [1.82, 2.24) is 4.90 Å². The van der Waals surface area contributed by atoms with E-state index in [1.807, 2.05) is 0 Å². The minimum Gasteiger partial charge on any atom is -0.325 e. The SMILES string of the molecule is CN1[C@@H]2CC[C@H]1C[C@@](C)(N)C2. The van der Waals surface area contributed by atoms with Gasteiger partial charge in [-0.1, -0.05) is 0 Å². The fourth-order valence-corrected chi connectivity index (χ4v) is 2.74. The maximum atomic E-state index is 6.13. The summed E-state index contributed by atoms with van der Waals surface area (Å²) in [5, 5.41) is 0. The van der Waals surface area contributed by atoms with E-state index in [0.717, 1.165) is 12.1 Å². The summed E-state index contributed by atoms with van der Waals surface area (Å²) in [6, 6.07) is 1.56. The van der Waals surface area contributed by atoms with Crippen molar-refractivity contribution in [2.24, 2.45) is 5.73 Å². The van der Waals surface area contributed by atoms with Gasteiger partial charge in [0.1, 0.15) is 0 Å². The molecule has 2 rings (SSSR count). The van der Waals surface area contributed by atoms with Gasteiger partial charge in [-0.2, -0.15) is 0 Å². The highest BCUT2D eigenvalue weighted by Crippen LogP contribution is 2.37. The predicted molar refractivity (Wildman–Crippen MR) is 46.4 cm³/mol. The predicted octanol–water partition coefficient (Wildman–Crippen LogP) is 0.960. The third-order valence-electron chi connectivity index (χ3n) is 3.39. The Balaban J connectivity index is 2.14. The van der Waals surface area contributed by atoms with E-state index in [9.17, 15) is 0 Å². The molecule has 2 nitrogen and oxygen atoms in total. The molecule has 2 fully saturated rings. The highest BCUT2D eigenvalue weighted by molar-refractivity contribution is 5.00. The lowest BCUT2D eigenvalue weighted by Crippen LogP contribution is -2.52. The Bertz CT molecular complexity index is 149. The Morgan fingerprint density at radius 3 is 2.18 bits per heavy atom. The molecule has 0 spiro atoms. The molecule has 0 aromatic heterocycles. The van der Waals surface area contributed by atoms with Crippen molar-refractivity contribution >= 4 is 0 Å². The van der Waals surface area contributed by atoms with Crippen molar-refractivity contribution in [3.63, 3.8) is 0 Å². The summed E-state index contributed by atoms with van der Waals surface area (Å²) in [6.45, 7) is 2.20. The molecule has 2 heteroatoms. The van der Waals surface area contributed by atoms with Gasteiger partial charge >= 0.3 is 0 Å². The van der Waals surface area contributed by atoms with Gasteiger partial charge in [-0.05, 0) is 39.7 Å². The molecule has 0 amide bonds. The average Bonchev–Trinajstić information content (AvgIpc) is 2.19. The third kappa shape index (κ3) is 1.18. The van der Waals surface area contributed by atoms with Gasteiger partial charge in [0.25, 0.3) is 0 Å². The van der Waals surface area contributed by atoms with E-state index in [-0.39, 0.29) is 5.54 Å². The molecule has 64 valence electrons. The molecule has 0 aromatic carbocycles. The normalized spacial score (nSPS) is 51.5. The summed E-state index contributed by atoms with van der Waals surface area (Å²) in [7, 11) is 2.25. The maximum Gasteiger partial charge on any atom is 0.0155 e. The first kappa shape index (κ1) is 7.56. The fraction of sp³-hybridized carbons (Fsp3) is 1.00. The zero-order chi connectivity index (χ0) is 8.06. The van der Waals surface area contributed by atoms with E-state index in [1.54, 1.807) is 0 Å². The Labute approximate surface area is 68.7 Å². The van der Waals surface area contributed by atoms with Crippen molar-refractivity contribution < 1.29 is 0 Å². The van der Waals surface area contributed by atoms with Gasteiger partial charge in [0.2, 0.25) is 0 Å². The highest BCUT2D eigenvalue weighted by Gasteiger charge is 2.42. The van der Waals surface area contributed by atoms with Crippen molar-refractivity contribution in [2.75, 3.05) is 7.05 Å². The second-order valence-electron chi connectivity index (χ2n) is 4.61. The number of nitrogens with zero attached hydrogens (tertiary/aromatic N) is 1. The fourth-order valence-electron chi connectivity index (χ4n) is 2.74. The van der Waals surface area contributed by atoms with Gasteiger partial charge in [-0.3, -0.25) is 0 Å². The lowest BCUT2D eigenvalue weighted by molar-refractivity contribution is 0.123. The Kier molecular flexibility index (Phi) is 1.52. The molecule has 2 heterocycles. The van der Waals surface area contributed by atoms with Gasteiger partial charge in [0.05, 0.1) is 0 Å². The summed E-state index contributed by atoms with van der Waals surface area (Å²) in [5.74, 6) is 0. The Hall–Kier alpha value is -0.0800. The Morgan fingerprint density at radius 2 is 1.73 bits per heavy atom. The van der Waals surface area contributed by atoms with E-state index in [1.165, 1.54) is 25.7 Å². The molecule has 0 saturated carbocycles. The van der Waals surface area contributed by atoms with Crippen LogP contribution in [0.25, 0.3) is 0 Å². The molecule has 11 heavy (non-hydrogen) atoms. The first-order valence-electron chi connectivity index (χ1n) is 4.59. The number of piperidine rings is 1.